The first-order chi connectivity index (χ1) is 8.61. The van der Waals surface area contributed by atoms with E-state index in [0.29, 0.717) is 12.3 Å². The van der Waals surface area contributed by atoms with E-state index in [9.17, 15) is 18.9 Å². The van der Waals surface area contributed by atoms with Gasteiger partial charge in [-0.05, 0) is 6.07 Å². The van der Waals surface area contributed by atoms with Crippen LogP contribution in [0.1, 0.15) is 20.7 Å². The zero-order valence-corrected chi connectivity index (χ0v) is 10.2. The zero-order valence-electron chi connectivity index (χ0n) is 9.38. The van der Waals surface area contributed by atoms with E-state index < -0.39 is 27.9 Å². The molecule has 0 amide bonds. The van der Waals surface area contributed by atoms with Crippen molar-refractivity contribution in [3.8, 4) is 5.75 Å². The maximum Gasteiger partial charge on any atom is 0.184 e. The summed E-state index contributed by atoms with van der Waals surface area (Å²) < 4.78 is 11.9. The summed E-state index contributed by atoms with van der Waals surface area (Å²) in [5, 5.41) is 11.8. The third kappa shape index (κ3) is 1.46. The second kappa shape index (κ2) is 4.00. The number of carbonyl (C=O) groups excluding carboxylic acids is 2. The van der Waals surface area contributed by atoms with Gasteiger partial charge in [-0.2, -0.15) is 0 Å². The topological polar surface area (TPSA) is 83.5 Å². The van der Waals surface area contributed by atoms with Crippen LogP contribution in [0.15, 0.2) is 18.2 Å². The van der Waals surface area contributed by atoms with Gasteiger partial charge in [0.2, 0.25) is 0 Å². The molecular formula is C12H11NO4S. The van der Waals surface area contributed by atoms with Crippen molar-refractivity contribution in [2.75, 3.05) is 12.3 Å². The Kier molecular flexibility index (Phi) is 2.57. The Hall–Kier alpha value is -1.53. The molecule has 0 saturated carbocycles. The largest absolute Gasteiger partial charge is 0.507 e. The number of Topliss-reactive ketones (excluding diaryl/α,β-unsaturated/α-hetero) is 2. The third-order valence-corrected chi connectivity index (χ3v) is 5.01. The number of hydrogen-bond acceptors (Lipinski definition) is 5. The fourth-order valence-electron chi connectivity index (χ4n) is 2.52. The lowest BCUT2D eigenvalue weighted by atomic mass is 9.85. The van der Waals surface area contributed by atoms with Crippen molar-refractivity contribution < 1.29 is 18.9 Å². The van der Waals surface area contributed by atoms with E-state index in [1.54, 1.807) is 0 Å². The van der Waals surface area contributed by atoms with Gasteiger partial charge in [-0.15, -0.1) is 0 Å². The average molecular weight is 265 g/mol. The lowest BCUT2D eigenvalue weighted by Gasteiger charge is -2.34. The minimum Gasteiger partial charge on any atom is -0.507 e. The van der Waals surface area contributed by atoms with Crippen molar-refractivity contribution in [1.82, 2.24) is 5.32 Å². The molecule has 1 aromatic carbocycles. The minimum atomic E-state index is -1.37. The van der Waals surface area contributed by atoms with E-state index in [1.165, 1.54) is 18.2 Å². The summed E-state index contributed by atoms with van der Waals surface area (Å²) in [5.74, 6) is -0.535. The van der Waals surface area contributed by atoms with Crippen LogP contribution in [0.2, 0.25) is 0 Å². The quantitative estimate of drug-likeness (QED) is 0.682. The number of benzene rings is 1. The Bertz CT molecular complexity index is 583. The molecule has 1 heterocycles. The third-order valence-electron chi connectivity index (χ3n) is 3.35. The van der Waals surface area contributed by atoms with E-state index in [4.69, 9.17) is 0 Å². The maximum atomic E-state index is 12.3. The van der Waals surface area contributed by atoms with E-state index in [-0.39, 0.29) is 22.7 Å². The number of fused-ring (bicyclic) bond motifs is 2. The highest BCUT2D eigenvalue weighted by atomic mass is 32.2. The second-order valence-electron chi connectivity index (χ2n) is 4.37. The number of hydrogen-bond donors (Lipinski definition) is 2. The predicted molar refractivity (Wildman–Crippen MR) is 65.4 cm³/mol. The molecule has 0 spiro atoms. The van der Waals surface area contributed by atoms with Crippen molar-refractivity contribution in [3.05, 3.63) is 29.3 Å². The first-order valence-corrected chi connectivity index (χ1v) is 7.00. The molecule has 1 aliphatic heterocycles. The number of nitrogens with one attached hydrogen (secondary N) is 1. The summed E-state index contributed by atoms with van der Waals surface area (Å²) >= 11 is 0. The van der Waals surface area contributed by atoms with Gasteiger partial charge >= 0.3 is 0 Å². The number of phenolic OH excluding ortho intramolecular Hbond substituents is 1. The molecular weight excluding hydrogens is 254 g/mol. The first kappa shape index (κ1) is 11.6. The number of phenols is 1. The minimum absolute atomic E-state index is 0.0146. The number of aromatic hydroxyl groups is 1. The lowest BCUT2D eigenvalue weighted by Crippen LogP contribution is -2.59. The Balaban J connectivity index is 2.21. The second-order valence-corrected chi connectivity index (χ2v) is 6.04. The summed E-state index contributed by atoms with van der Waals surface area (Å²) in [7, 11) is -1.37. The standard InChI is InChI=1S/C12H11NO4S/c14-7-3-1-2-6-8(7)11(16)12-9(10(6)15)13-4-5-18(12)17/h1-3,9,12-14H,4-5H2. The molecule has 0 aromatic heterocycles. The van der Waals surface area contributed by atoms with Crippen LogP contribution in [0.3, 0.4) is 0 Å². The highest BCUT2D eigenvalue weighted by molar-refractivity contribution is 7.86. The van der Waals surface area contributed by atoms with Gasteiger partial charge in [0.05, 0.1) is 11.6 Å². The summed E-state index contributed by atoms with van der Waals surface area (Å²) in [6, 6.07) is 3.69. The van der Waals surface area contributed by atoms with Crippen molar-refractivity contribution >= 4 is 22.4 Å². The molecule has 1 aromatic rings. The molecule has 6 heteroatoms. The monoisotopic (exact) mass is 265 g/mol. The number of rotatable bonds is 0. The summed E-state index contributed by atoms with van der Waals surface area (Å²) in [5.41, 5.74) is 0.230. The Morgan fingerprint density at radius 1 is 1.28 bits per heavy atom. The molecule has 3 atom stereocenters. The Morgan fingerprint density at radius 3 is 2.83 bits per heavy atom. The molecule has 94 valence electrons. The van der Waals surface area contributed by atoms with Gasteiger partial charge in [0.15, 0.2) is 11.6 Å². The molecule has 2 N–H and O–H groups in total. The van der Waals surface area contributed by atoms with Crippen LogP contribution in [0.4, 0.5) is 0 Å². The molecule has 1 saturated heterocycles. The smallest absolute Gasteiger partial charge is 0.184 e. The maximum absolute atomic E-state index is 12.3. The molecule has 2 aliphatic rings. The molecule has 3 rings (SSSR count). The summed E-state index contributed by atoms with van der Waals surface area (Å²) in [6.45, 7) is 0.459. The molecule has 1 fully saturated rings. The van der Waals surface area contributed by atoms with E-state index in [1.807, 2.05) is 0 Å². The highest BCUT2D eigenvalue weighted by Crippen LogP contribution is 2.32. The van der Waals surface area contributed by atoms with Crippen molar-refractivity contribution in [2.24, 2.45) is 0 Å². The zero-order chi connectivity index (χ0) is 12.9. The first-order valence-electron chi connectivity index (χ1n) is 5.62. The molecule has 5 nitrogen and oxygen atoms in total. The van der Waals surface area contributed by atoms with Gasteiger partial charge in [-0.3, -0.25) is 13.8 Å². The predicted octanol–water partition coefficient (Wildman–Crippen LogP) is -0.140. The van der Waals surface area contributed by atoms with Gasteiger partial charge in [-0.25, -0.2) is 0 Å². The normalized spacial score (nSPS) is 30.8. The lowest BCUT2D eigenvalue weighted by molar-refractivity contribution is 0.0850. The average Bonchev–Trinajstić information content (AvgIpc) is 2.35. The van der Waals surface area contributed by atoms with Crippen LogP contribution in [-0.2, 0) is 10.8 Å². The summed E-state index contributed by atoms with van der Waals surface area (Å²) in [4.78, 5) is 24.5. The van der Waals surface area contributed by atoms with E-state index in [2.05, 4.69) is 5.32 Å². The van der Waals surface area contributed by atoms with Gasteiger partial charge in [0, 0.05) is 28.7 Å². The molecule has 0 bridgehead atoms. The van der Waals surface area contributed by atoms with Crippen LogP contribution in [-0.4, -0.2) is 44.5 Å². The van der Waals surface area contributed by atoms with Crippen molar-refractivity contribution in [3.63, 3.8) is 0 Å². The number of carbonyl (C=O) groups is 2. The van der Waals surface area contributed by atoms with Crippen LogP contribution in [0, 0.1) is 0 Å². The SMILES string of the molecule is O=C1c2cccc(O)c2C(=O)C2C1NCCS2=O. The summed E-state index contributed by atoms with van der Waals surface area (Å²) in [6.07, 6.45) is 0. The number of ketones is 2. The molecule has 18 heavy (non-hydrogen) atoms. The van der Waals surface area contributed by atoms with Crippen molar-refractivity contribution in [1.29, 1.82) is 0 Å². The Morgan fingerprint density at radius 2 is 2.06 bits per heavy atom. The van der Waals surface area contributed by atoms with E-state index in [0.717, 1.165) is 0 Å². The fourth-order valence-corrected chi connectivity index (χ4v) is 3.97. The molecule has 1 aliphatic carbocycles. The van der Waals surface area contributed by atoms with Gasteiger partial charge in [-0.1, -0.05) is 12.1 Å². The highest BCUT2D eigenvalue weighted by Gasteiger charge is 2.47. The van der Waals surface area contributed by atoms with Crippen molar-refractivity contribution in [2.45, 2.75) is 11.3 Å². The van der Waals surface area contributed by atoms with E-state index >= 15 is 0 Å². The van der Waals surface area contributed by atoms with Crippen LogP contribution >= 0.6 is 0 Å². The van der Waals surface area contributed by atoms with Gasteiger partial charge in [0.25, 0.3) is 0 Å². The fraction of sp³-hybridized carbons (Fsp3) is 0.333. The van der Waals surface area contributed by atoms with Crippen LogP contribution < -0.4 is 5.32 Å². The van der Waals surface area contributed by atoms with Crippen LogP contribution in [0.25, 0.3) is 0 Å². The molecule has 0 radical (unpaired) electrons. The van der Waals surface area contributed by atoms with Gasteiger partial charge in [0.1, 0.15) is 11.0 Å². The molecule has 3 unspecified atom stereocenters. The van der Waals surface area contributed by atoms with Gasteiger partial charge < -0.3 is 10.4 Å². The van der Waals surface area contributed by atoms with Crippen LogP contribution in [0.5, 0.6) is 5.75 Å². The Labute approximate surface area is 106 Å².